The summed E-state index contributed by atoms with van der Waals surface area (Å²) >= 11 is 1.54. The number of rotatable bonds is 7. The van der Waals surface area contributed by atoms with Crippen LogP contribution in [0.5, 0.6) is 0 Å². The highest BCUT2D eigenvalue weighted by Gasteiger charge is 2.25. The van der Waals surface area contributed by atoms with Crippen LogP contribution in [0.3, 0.4) is 0 Å². The van der Waals surface area contributed by atoms with Crippen molar-refractivity contribution in [1.82, 2.24) is 14.2 Å². The molecular weight excluding hydrogens is 370 g/mol. The molecule has 0 aliphatic heterocycles. The van der Waals surface area contributed by atoms with Gasteiger partial charge in [-0.25, -0.2) is 8.42 Å². The number of thiophene rings is 1. The second-order valence-electron chi connectivity index (χ2n) is 6.29. The van der Waals surface area contributed by atoms with Gasteiger partial charge in [0.15, 0.2) is 0 Å². The summed E-state index contributed by atoms with van der Waals surface area (Å²) in [5.74, 6) is 0. The predicted molar refractivity (Wildman–Crippen MR) is 105 cm³/mol. The number of fused-ring (bicyclic) bond motifs is 1. The summed E-state index contributed by atoms with van der Waals surface area (Å²) in [4.78, 5) is 17.3. The van der Waals surface area contributed by atoms with Crippen molar-refractivity contribution >= 4 is 32.3 Å². The first-order valence-electron chi connectivity index (χ1n) is 8.16. The Morgan fingerprint density at radius 1 is 1.08 bits per heavy atom. The summed E-state index contributed by atoms with van der Waals surface area (Å²) < 4.78 is 27.9. The Labute approximate surface area is 156 Å². The van der Waals surface area contributed by atoms with Crippen molar-refractivity contribution in [2.45, 2.75) is 11.4 Å². The van der Waals surface area contributed by atoms with Crippen molar-refractivity contribution in [3.8, 4) is 0 Å². The molecule has 0 unspecified atom stereocenters. The van der Waals surface area contributed by atoms with Crippen LogP contribution in [0.2, 0.25) is 0 Å². The molecule has 6 nitrogen and oxygen atoms in total. The van der Waals surface area contributed by atoms with E-state index in [-0.39, 0.29) is 10.5 Å². The molecule has 0 bridgehead atoms. The van der Waals surface area contributed by atoms with Crippen LogP contribution in [0, 0.1) is 0 Å². The molecule has 26 heavy (non-hydrogen) atoms. The summed E-state index contributed by atoms with van der Waals surface area (Å²) in [6.07, 6.45) is 0. The van der Waals surface area contributed by atoms with Gasteiger partial charge in [-0.05, 0) is 55.2 Å². The van der Waals surface area contributed by atoms with Gasteiger partial charge in [0.25, 0.3) is 0 Å². The number of nitrogens with one attached hydrogen (secondary N) is 1. The lowest BCUT2D eigenvalue weighted by atomic mass is 10.2. The van der Waals surface area contributed by atoms with Crippen molar-refractivity contribution in [2.75, 3.05) is 27.2 Å². The first kappa shape index (κ1) is 18.8. The number of aromatic nitrogens is 1. The Bertz CT molecular complexity index is 1040. The van der Waals surface area contributed by atoms with Gasteiger partial charge in [0.1, 0.15) is 0 Å². The molecule has 0 aliphatic rings. The molecule has 1 aromatic carbocycles. The van der Waals surface area contributed by atoms with E-state index in [1.165, 1.54) is 10.4 Å². The van der Waals surface area contributed by atoms with E-state index in [4.69, 9.17) is 0 Å². The van der Waals surface area contributed by atoms with Crippen LogP contribution in [-0.2, 0) is 16.6 Å². The number of aromatic amines is 1. The summed E-state index contributed by atoms with van der Waals surface area (Å²) in [7, 11) is 0.185. The normalized spacial score (nSPS) is 12.3. The first-order valence-corrected chi connectivity index (χ1v) is 10.5. The molecule has 2 heterocycles. The maximum absolute atomic E-state index is 13.2. The number of pyridine rings is 1. The molecule has 138 valence electrons. The summed E-state index contributed by atoms with van der Waals surface area (Å²) in [5.41, 5.74) is 0.410. The summed E-state index contributed by atoms with van der Waals surface area (Å²) in [6, 6.07) is 11.7. The van der Waals surface area contributed by atoms with Gasteiger partial charge >= 0.3 is 0 Å². The van der Waals surface area contributed by atoms with E-state index in [9.17, 15) is 13.2 Å². The molecule has 0 atom stereocenters. The molecule has 3 aromatic rings. The predicted octanol–water partition coefficient (Wildman–Crippen LogP) is 2.34. The summed E-state index contributed by atoms with van der Waals surface area (Å²) in [5, 5.41) is 2.63. The highest BCUT2D eigenvalue weighted by molar-refractivity contribution is 7.89. The molecule has 0 aliphatic carbocycles. The zero-order valence-electron chi connectivity index (χ0n) is 14.7. The number of nitrogens with zero attached hydrogens (tertiary/aromatic N) is 2. The lowest BCUT2D eigenvalue weighted by molar-refractivity contribution is 0.330. The number of hydrogen-bond acceptors (Lipinski definition) is 5. The lowest BCUT2D eigenvalue weighted by Crippen LogP contribution is -2.36. The number of sulfonamides is 1. The van der Waals surface area contributed by atoms with Crippen molar-refractivity contribution in [3.63, 3.8) is 0 Å². The molecule has 0 fully saturated rings. The molecule has 0 saturated carbocycles. The van der Waals surface area contributed by atoms with Crippen LogP contribution in [0.15, 0.2) is 57.5 Å². The highest BCUT2D eigenvalue weighted by Crippen LogP contribution is 2.23. The van der Waals surface area contributed by atoms with E-state index in [0.717, 1.165) is 4.88 Å². The van der Waals surface area contributed by atoms with Crippen LogP contribution in [-0.4, -0.2) is 49.8 Å². The Balaban J connectivity index is 1.97. The van der Waals surface area contributed by atoms with E-state index in [0.29, 0.717) is 30.5 Å². The first-order chi connectivity index (χ1) is 12.4. The zero-order valence-corrected chi connectivity index (χ0v) is 16.3. The van der Waals surface area contributed by atoms with Gasteiger partial charge in [-0.1, -0.05) is 6.07 Å². The minimum Gasteiger partial charge on any atom is -0.322 e. The smallest absolute Gasteiger partial charge is 0.248 e. The number of benzene rings is 1. The number of H-pyrrole nitrogens is 1. The van der Waals surface area contributed by atoms with Crippen LogP contribution in [0.1, 0.15) is 4.88 Å². The topological polar surface area (TPSA) is 73.5 Å². The SMILES string of the molecule is CN(C)CCN(Cc1cccs1)S(=O)(=O)c1ccc2[nH]c(=O)ccc2c1. The van der Waals surface area contributed by atoms with Crippen LogP contribution in [0.25, 0.3) is 10.9 Å². The Morgan fingerprint density at radius 3 is 2.58 bits per heavy atom. The third-order valence-electron chi connectivity index (χ3n) is 4.04. The average molecular weight is 392 g/mol. The van der Waals surface area contributed by atoms with E-state index >= 15 is 0 Å². The monoisotopic (exact) mass is 391 g/mol. The van der Waals surface area contributed by atoms with E-state index in [1.54, 1.807) is 35.6 Å². The second-order valence-corrected chi connectivity index (χ2v) is 9.26. The Kier molecular flexibility index (Phi) is 5.57. The number of hydrogen-bond donors (Lipinski definition) is 1. The number of likely N-dealkylation sites (N-methyl/N-ethyl adjacent to an activating group) is 1. The van der Waals surface area contributed by atoms with Gasteiger partial charge in [-0.2, -0.15) is 4.31 Å². The largest absolute Gasteiger partial charge is 0.322 e. The molecular formula is C18H21N3O3S2. The third-order valence-corrected chi connectivity index (χ3v) is 6.74. The molecule has 0 radical (unpaired) electrons. The van der Waals surface area contributed by atoms with Crippen LogP contribution in [0.4, 0.5) is 0 Å². The van der Waals surface area contributed by atoms with Gasteiger partial charge in [-0.15, -0.1) is 11.3 Å². The van der Waals surface area contributed by atoms with Gasteiger partial charge in [0.05, 0.1) is 4.90 Å². The van der Waals surface area contributed by atoms with Crippen molar-refractivity contribution in [3.05, 3.63) is 63.1 Å². The molecule has 8 heteroatoms. The Morgan fingerprint density at radius 2 is 1.88 bits per heavy atom. The lowest BCUT2D eigenvalue weighted by Gasteiger charge is -2.23. The highest BCUT2D eigenvalue weighted by atomic mass is 32.2. The van der Waals surface area contributed by atoms with Gasteiger partial charge < -0.3 is 9.88 Å². The third kappa shape index (κ3) is 4.21. The molecule has 1 N–H and O–H groups in total. The zero-order chi connectivity index (χ0) is 18.7. The average Bonchev–Trinajstić information content (AvgIpc) is 3.10. The molecule has 0 amide bonds. The standard InChI is InChI=1S/C18H21N3O3S2/c1-20(2)9-10-21(13-15-4-3-11-25-15)26(23,24)16-6-7-17-14(12-16)5-8-18(22)19-17/h3-8,11-12H,9-10,13H2,1-2H3,(H,19,22). The minimum absolute atomic E-state index is 0.210. The van der Waals surface area contributed by atoms with Crippen molar-refractivity contribution in [1.29, 1.82) is 0 Å². The fourth-order valence-electron chi connectivity index (χ4n) is 2.61. The van der Waals surface area contributed by atoms with Crippen molar-refractivity contribution < 1.29 is 8.42 Å². The van der Waals surface area contributed by atoms with Gasteiger partial charge in [0.2, 0.25) is 15.6 Å². The fourth-order valence-corrected chi connectivity index (χ4v) is 4.86. The summed E-state index contributed by atoms with van der Waals surface area (Å²) in [6.45, 7) is 1.37. The Hall–Kier alpha value is -2.00. The molecule has 2 aromatic heterocycles. The maximum atomic E-state index is 13.2. The quantitative estimate of drug-likeness (QED) is 0.671. The fraction of sp³-hybridized carbons (Fsp3) is 0.278. The van der Waals surface area contributed by atoms with Crippen molar-refractivity contribution in [2.24, 2.45) is 0 Å². The van der Waals surface area contributed by atoms with Crippen LogP contribution >= 0.6 is 11.3 Å². The van der Waals surface area contributed by atoms with Gasteiger partial charge in [-0.3, -0.25) is 4.79 Å². The maximum Gasteiger partial charge on any atom is 0.248 e. The molecule has 0 spiro atoms. The second kappa shape index (κ2) is 7.71. The molecule has 3 rings (SSSR count). The minimum atomic E-state index is -3.65. The van der Waals surface area contributed by atoms with Gasteiger partial charge in [0, 0.05) is 36.1 Å². The van der Waals surface area contributed by atoms with E-state index in [1.807, 2.05) is 36.5 Å². The van der Waals surface area contributed by atoms with Crippen LogP contribution < -0.4 is 5.56 Å². The molecule has 0 saturated heterocycles. The van der Waals surface area contributed by atoms with E-state index < -0.39 is 10.0 Å². The van der Waals surface area contributed by atoms with E-state index in [2.05, 4.69) is 4.98 Å².